The van der Waals surface area contributed by atoms with Crippen LogP contribution in [0.3, 0.4) is 0 Å². The van der Waals surface area contributed by atoms with Crippen LogP contribution in [-0.2, 0) is 13.0 Å². The standard InChI is InChI=1S/C21H26N4O/c1-15-7-10-24(11-8-15)21(26)19-13-20(23-16(2)22-19)25-12-9-17-5-3-4-6-18(17)14-25/h3-6,13,15H,7-12,14H2,1-2H3. The van der Waals surface area contributed by atoms with Crippen molar-refractivity contribution in [1.29, 1.82) is 0 Å². The third-order valence-electron chi connectivity index (χ3n) is 5.57. The maximum Gasteiger partial charge on any atom is 0.272 e. The number of carbonyl (C=O) groups excluding carboxylic acids is 1. The monoisotopic (exact) mass is 350 g/mol. The Kier molecular flexibility index (Phi) is 4.62. The molecule has 5 heteroatoms. The van der Waals surface area contributed by atoms with Crippen LogP contribution >= 0.6 is 0 Å². The molecule has 0 N–H and O–H groups in total. The number of aryl methyl sites for hydroxylation is 1. The number of hydrogen-bond acceptors (Lipinski definition) is 4. The molecular weight excluding hydrogens is 324 g/mol. The average Bonchev–Trinajstić information content (AvgIpc) is 2.67. The summed E-state index contributed by atoms with van der Waals surface area (Å²) in [5.41, 5.74) is 3.28. The molecule has 26 heavy (non-hydrogen) atoms. The van der Waals surface area contributed by atoms with Gasteiger partial charge in [-0.05, 0) is 43.2 Å². The fraction of sp³-hybridized carbons (Fsp3) is 0.476. The fourth-order valence-electron chi connectivity index (χ4n) is 3.89. The normalized spacial score (nSPS) is 17.9. The fourth-order valence-corrected chi connectivity index (χ4v) is 3.89. The highest BCUT2D eigenvalue weighted by atomic mass is 16.2. The highest BCUT2D eigenvalue weighted by Gasteiger charge is 2.24. The number of hydrogen-bond donors (Lipinski definition) is 0. The molecular formula is C21H26N4O. The largest absolute Gasteiger partial charge is 0.352 e. The number of carbonyl (C=O) groups is 1. The number of aromatic nitrogens is 2. The zero-order valence-electron chi connectivity index (χ0n) is 15.6. The van der Waals surface area contributed by atoms with Crippen molar-refractivity contribution < 1.29 is 4.79 Å². The first-order valence-electron chi connectivity index (χ1n) is 9.57. The molecule has 1 amide bonds. The lowest BCUT2D eigenvalue weighted by Crippen LogP contribution is -2.38. The molecule has 0 aliphatic carbocycles. The highest BCUT2D eigenvalue weighted by Crippen LogP contribution is 2.24. The van der Waals surface area contributed by atoms with E-state index in [2.05, 4.69) is 46.1 Å². The number of fused-ring (bicyclic) bond motifs is 1. The Labute approximate surface area is 155 Å². The summed E-state index contributed by atoms with van der Waals surface area (Å²) < 4.78 is 0. The van der Waals surface area contributed by atoms with Crippen LogP contribution in [0.2, 0.25) is 0 Å². The topological polar surface area (TPSA) is 49.3 Å². The number of amides is 1. The number of likely N-dealkylation sites (tertiary alicyclic amines) is 1. The number of benzene rings is 1. The summed E-state index contributed by atoms with van der Waals surface area (Å²) in [6.07, 6.45) is 3.16. The van der Waals surface area contributed by atoms with Gasteiger partial charge in [0.2, 0.25) is 0 Å². The Balaban J connectivity index is 1.56. The van der Waals surface area contributed by atoms with E-state index in [1.165, 1.54) is 11.1 Å². The molecule has 2 aromatic rings. The average molecular weight is 350 g/mol. The smallest absolute Gasteiger partial charge is 0.272 e. The zero-order chi connectivity index (χ0) is 18.1. The zero-order valence-corrected chi connectivity index (χ0v) is 15.6. The van der Waals surface area contributed by atoms with Crippen LogP contribution in [0.15, 0.2) is 30.3 Å². The van der Waals surface area contributed by atoms with E-state index >= 15 is 0 Å². The van der Waals surface area contributed by atoms with E-state index < -0.39 is 0 Å². The Bertz CT molecular complexity index is 811. The maximum absolute atomic E-state index is 12.9. The molecule has 4 rings (SSSR count). The molecule has 3 heterocycles. The van der Waals surface area contributed by atoms with Crippen molar-refractivity contribution in [2.75, 3.05) is 24.5 Å². The molecule has 0 spiro atoms. The van der Waals surface area contributed by atoms with Gasteiger partial charge in [0.1, 0.15) is 17.3 Å². The molecule has 0 unspecified atom stereocenters. The van der Waals surface area contributed by atoms with Crippen LogP contribution in [0.4, 0.5) is 5.82 Å². The summed E-state index contributed by atoms with van der Waals surface area (Å²) in [4.78, 5) is 26.2. The minimum Gasteiger partial charge on any atom is -0.352 e. The van der Waals surface area contributed by atoms with E-state index in [-0.39, 0.29) is 5.91 Å². The van der Waals surface area contributed by atoms with Gasteiger partial charge in [-0.3, -0.25) is 4.79 Å². The second-order valence-corrected chi connectivity index (χ2v) is 7.57. The molecule has 1 saturated heterocycles. The SMILES string of the molecule is Cc1nc(C(=O)N2CCC(C)CC2)cc(N2CCc3ccccc3C2)n1. The summed E-state index contributed by atoms with van der Waals surface area (Å²) in [7, 11) is 0. The molecule has 0 atom stereocenters. The summed E-state index contributed by atoms with van der Waals surface area (Å²) in [6.45, 7) is 7.54. The van der Waals surface area contributed by atoms with E-state index in [1.807, 2.05) is 17.9 Å². The van der Waals surface area contributed by atoms with Crippen molar-refractivity contribution in [3.05, 3.63) is 53.0 Å². The van der Waals surface area contributed by atoms with Crippen molar-refractivity contribution in [3.8, 4) is 0 Å². The van der Waals surface area contributed by atoms with Crippen molar-refractivity contribution in [1.82, 2.24) is 14.9 Å². The van der Waals surface area contributed by atoms with E-state index in [0.29, 0.717) is 17.4 Å². The molecule has 2 aliphatic heterocycles. The van der Waals surface area contributed by atoms with Gasteiger partial charge in [0, 0.05) is 32.2 Å². The lowest BCUT2D eigenvalue weighted by molar-refractivity contribution is 0.0691. The minimum absolute atomic E-state index is 0.0426. The molecule has 0 saturated carbocycles. The first kappa shape index (κ1) is 17.0. The van der Waals surface area contributed by atoms with Gasteiger partial charge in [0.15, 0.2) is 0 Å². The van der Waals surface area contributed by atoms with Gasteiger partial charge >= 0.3 is 0 Å². The first-order valence-corrected chi connectivity index (χ1v) is 9.57. The van der Waals surface area contributed by atoms with Crippen molar-refractivity contribution in [2.24, 2.45) is 5.92 Å². The Morgan fingerprint density at radius 1 is 1.08 bits per heavy atom. The molecule has 0 bridgehead atoms. The summed E-state index contributed by atoms with van der Waals surface area (Å²) in [5.74, 6) is 2.27. The molecule has 5 nitrogen and oxygen atoms in total. The van der Waals surface area contributed by atoms with Gasteiger partial charge in [0.05, 0.1) is 0 Å². The molecule has 1 fully saturated rings. The van der Waals surface area contributed by atoms with Crippen LogP contribution in [0.1, 0.15) is 47.2 Å². The van der Waals surface area contributed by atoms with Gasteiger partial charge in [-0.15, -0.1) is 0 Å². The van der Waals surface area contributed by atoms with Crippen LogP contribution in [0.5, 0.6) is 0 Å². The van der Waals surface area contributed by atoms with Crippen molar-refractivity contribution >= 4 is 11.7 Å². The number of piperidine rings is 1. The summed E-state index contributed by atoms with van der Waals surface area (Å²) >= 11 is 0. The quantitative estimate of drug-likeness (QED) is 0.834. The second kappa shape index (κ2) is 7.06. The van der Waals surface area contributed by atoms with Crippen LogP contribution in [-0.4, -0.2) is 40.4 Å². The van der Waals surface area contributed by atoms with Crippen LogP contribution in [0.25, 0.3) is 0 Å². The number of nitrogens with zero attached hydrogens (tertiary/aromatic N) is 4. The van der Waals surface area contributed by atoms with Gasteiger partial charge in [-0.2, -0.15) is 0 Å². The van der Waals surface area contributed by atoms with E-state index in [0.717, 1.165) is 51.3 Å². The van der Waals surface area contributed by atoms with E-state index in [9.17, 15) is 4.79 Å². The third kappa shape index (κ3) is 3.43. The lowest BCUT2D eigenvalue weighted by Gasteiger charge is -2.31. The lowest BCUT2D eigenvalue weighted by atomic mass is 9.99. The molecule has 1 aromatic carbocycles. The van der Waals surface area contributed by atoms with Gasteiger partial charge < -0.3 is 9.80 Å². The maximum atomic E-state index is 12.9. The van der Waals surface area contributed by atoms with Crippen LogP contribution < -0.4 is 4.90 Å². The second-order valence-electron chi connectivity index (χ2n) is 7.57. The minimum atomic E-state index is 0.0426. The summed E-state index contributed by atoms with van der Waals surface area (Å²) in [6, 6.07) is 10.4. The summed E-state index contributed by atoms with van der Waals surface area (Å²) in [5, 5.41) is 0. The Hall–Kier alpha value is -2.43. The van der Waals surface area contributed by atoms with Crippen molar-refractivity contribution in [2.45, 2.75) is 39.7 Å². The van der Waals surface area contributed by atoms with Crippen molar-refractivity contribution in [3.63, 3.8) is 0 Å². The van der Waals surface area contributed by atoms with E-state index in [4.69, 9.17) is 0 Å². The first-order chi connectivity index (χ1) is 12.6. The number of anilines is 1. The van der Waals surface area contributed by atoms with Gasteiger partial charge in [-0.1, -0.05) is 31.2 Å². The molecule has 0 radical (unpaired) electrons. The third-order valence-corrected chi connectivity index (χ3v) is 5.57. The van der Waals surface area contributed by atoms with Crippen LogP contribution in [0, 0.1) is 12.8 Å². The molecule has 136 valence electrons. The Morgan fingerprint density at radius 3 is 2.58 bits per heavy atom. The Morgan fingerprint density at radius 2 is 1.81 bits per heavy atom. The predicted octanol–water partition coefficient (Wildman–Crippen LogP) is 3.22. The molecule has 2 aliphatic rings. The highest BCUT2D eigenvalue weighted by molar-refractivity contribution is 5.93. The van der Waals surface area contributed by atoms with E-state index in [1.54, 1.807) is 0 Å². The van der Waals surface area contributed by atoms with Gasteiger partial charge in [-0.25, -0.2) is 9.97 Å². The predicted molar refractivity (Wildman–Crippen MR) is 102 cm³/mol. The van der Waals surface area contributed by atoms with Gasteiger partial charge in [0.25, 0.3) is 5.91 Å². The number of rotatable bonds is 2. The molecule has 1 aromatic heterocycles.